The van der Waals surface area contributed by atoms with Gasteiger partial charge in [-0.1, -0.05) is 158 Å². The third kappa shape index (κ3) is 6.08. The monoisotopic (exact) mass is 790 g/mol. The van der Waals surface area contributed by atoms with Crippen molar-refractivity contribution in [3.05, 3.63) is 231 Å². The van der Waals surface area contributed by atoms with Crippen LogP contribution in [0.15, 0.2) is 231 Å². The van der Waals surface area contributed by atoms with E-state index in [1.54, 1.807) is 0 Å². The van der Waals surface area contributed by atoms with Gasteiger partial charge in [-0.05, 0) is 95.1 Å². The van der Waals surface area contributed by atoms with Crippen LogP contribution in [0.5, 0.6) is 0 Å². The number of para-hydroxylation sites is 3. The molecule has 0 saturated heterocycles. The van der Waals surface area contributed by atoms with Gasteiger partial charge in [-0.25, -0.2) is 9.97 Å². The summed E-state index contributed by atoms with van der Waals surface area (Å²) in [5.41, 5.74) is 16.5. The summed E-state index contributed by atoms with van der Waals surface area (Å²) in [5.74, 6) is 0.697. The molecular weight excluding hydrogens is 753 g/mol. The van der Waals surface area contributed by atoms with Gasteiger partial charge >= 0.3 is 0 Å². The summed E-state index contributed by atoms with van der Waals surface area (Å²) in [6, 6.07) is 82.2. The van der Waals surface area contributed by atoms with Gasteiger partial charge in [0.1, 0.15) is 0 Å². The molecule has 3 heterocycles. The number of nitrogens with zero attached hydrogens (tertiary/aromatic N) is 4. The van der Waals surface area contributed by atoms with Crippen molar-refractivity contribution in [3.8, 4) is 67.5 Å². The lowest BCUT2D eigenvalue weighted by Crippen LogP contribution is -1.96. The first-order chi connectivity index (χ1) is 30.7. The van der Waals surface area contributed by atoms with Gasteiger partial charge in [0, 0.05) is 49.6 Å². The molecule has 0 radical (unpaired) electrons. The molecule has 9 aromatic carbocycles. The van der Waals surface area contributed by atoms with Gasteiger partial charge in [0.25, 0.3) is 0 Å². The standard InChI is InChI=1S/C58H38N4/c1-4-16-39(17-5-1)52-38-53(40-18-6-2-7-19-40)60-58(59-52)45-22-14-20-41(34-45)42-21-15-25-47(35-42)62-55-29-13-11-27-49(55)51-37-44(31-33-57(51)62)43-30-32-56-50(36-43)48-26-10-12-28-54(48)61(56)46-23-8-3-9-24-46/h1-38H. The van der Waals surface area contributed by atoms with Crippen LogP contribution < -0.4 is 0 Å². The van der Waals surface area contributed by atoms with Gasteiger partial charge in [-0.2, -0.15) is 0 Å². The Morgan fingerprint density at radius 2 is 0.645 bits per heavy atom. The maximum atomic E-state index is 5.12. The average Bonchev–Trinajstić information content (AvgIpc) is 3.87. The summed E-state index contributed by atoms with van der Waals surface area (Å²) < 4.78 is 4.77. The smallest absolute Gasteiger partial charge is 0.160 e. The molecule has 0 amide bonds. The Morgan fingerprint density at radius 3 is 1.23 bits per heavy atom. The van der Waals surface area contributed by atoms with E-state index >= 15 is 0 Å². The van der Waals surface area contributed by atoms with Crippen LogP contribution >= 0.6 is 0 Å². The first kappa shape index (κ1) is 35.6. The minimum absolute atomic E-state index is 0.697. The van der Waals surface area contributed by atoms with Crippen LogP contribution in [0.3, 0.4) is 0 Å². The van der Waals surface area contributed by atoms with Crippen LogP contribution in [0.25, 0.3) is 111 Å². The fraction of sp³-hybridized carbons (Fsp3) is 0. The first-order valence-electron chi connectivity index (χ1n) is 21.1. The summed E-state index contributed by atoms with van der Waals surface area (Å²) in [5, 5.41) is 4.95. The molecule has 4 nitrogen and oxygen atoms in total. The summed E-state index contributed by atoms with van der Waals surface area (Å²) in [6.07, 6.45) is 0. The zero-order valence-electron chi connectivity index (χ0n) is 33.7. The van der Waals surface area contributed by atoms with Gasteiger partial charge in [0.05, 0.1) is 33.5 Å². The van der Waals surface area contributed by atoms with Gasteiger partial charge < -0.3 is 9.13 Å². The topological polar surface area (TPSA) is 35.6 Å². The Morgan fingerprint density at radius 1 is 0.242 bits per heavy atom. The van der Waals surface area contributed by atoms with Crippen molar-refractivity contribution in [1.82, 2.24) is 19.1 Å². The van der Waals surface area contributed by atoms with Crippen molar-refractivity contribution in [2.45, 2.75) is 0 Å². The molecule has 12 aromatic rings. The van der Waals surface area contributed by atoms with Crippen molar-refractivity contribution in [2.75, 3.05) is 0 Å². The minimum Gasteiger partial charge on any atom is -0.309 e. The van der Waals surface area contributed by atoms with Crippen LogP contribution in [0.2, 0.25) is 0 Å². The van der Waals surface area contributed by atoms with Gasteiger partial charge in [-0.3, -0.25) is 0 Å². The first-order valence-corrected chi connectivity index (χ1v) is 21.1. The Bertz CT molecular complexity index is 3560. The van der Waals surface area contributed by atoms with Crippen LogP contribution in [0.4, 0.5) is 0 Å². The predicted octanol–water partition coefficient (Wildman–Crippen LogP) is 15.0. The molecule has 0 unspecified atom stereocenters. The van der Waals surface area contributed by atoms with Crippen LogP contribution in [-0.2, 0) is 0 Å². The van der Waals surface area contributed by atoms with Crippen molar-refractivity contribution in [1.29, 1.82) is 0 Å². The molecule has 62 heavy (non-hydrogen) atoms. The molecule has 12 rings (SSSR count). The lowest BCUT2D eigenvalue weighted by atomic mass is 10.0. The fourth-order valence-corrected chi connectivity index (χ4v) is 9.19. The molecule has 0 fully saturated rings. The molecule has 0 aliphatic heterocycles. The lowest BCUT2D eigenvalue weighted by molar-refractivity contribution is 1.18. The molecular formula is C58H38N4. The normalized spacial score (nSPS) is 11.5. The van der Waals surface area contributed by atoms with Crippen molar-refractivity contribution in [2.24, 2.45) is 0 Å². The van der Waals surface area contributed by atoms with E-state index in [-0.39, 0.29) is 0 Å². The van der Waals surface area contributed by atoms with Crippen molar-refractivity contribution >= 4 is 43.6 Å². The number of rotatable bonds is 7. The molecule has 0 aliphatic carbocycles. The number of aromatic nitrogens is 4. The van der Waals surface area contributed by atoms with Crippen molar-refractivity contribution in [3.63, 3.8) is 0 Å². The molecule has 4 heteroatoms. The largest absolute Gasteiger partial charge is 0.309 e. The van der Waals surface area contributed by atoms with E-state index in [1.807, 2.05) is 12.1 Å². The molecule has 0 spiro atoms. The molecule has 0 aliphatic rings. The van der Waals surface area contributed by atoms with E-state index in [4.69, 9.17) is 9.97 Å². The zero-order chi connectivity index (χ0) is 41.0. The maximum Gasteiger partial charge on any atom is 0.160 e. The average molecular weight is 791 g/mol. The molecule has 0 saturated carbocycles. The Balaban J connectivity index is 0.945. The predicted molar refractivity (Wildman–Crippen MR) is 258 cm³/mol. The Hall–Kier alpha value is -8.34. The second-order valence-corrected chi connectivity index (χ2v) is 15.8. The number of hydrogen-bond acceptors (Lipinski definition) is 2. The van der Waals surface area contributed by atoms with E-state index in [0.29, 0.717) is 5.82 Å². The van der Waals surface area contributed by atoms with E-state index in [1.165, 1.54) is 54.7 Å². The lowest BCUT2D eigenvalue weighted by Gasteiger charge is -2.12. The second kappa shape index (κ2) is 14.7. The number of fused-ring (bicyclic) bond motifs is 6. The molecule has 290 valence electrons. The quantitative estimate of drug-likeness (QED) is 0.161. The van der Waals surface area contributed by atoms with Gasteiger partial charge in [0.15, 0.2) is 5.82 Å². The zero-order valence-corrected chi connectivity index (χ0v) is 33.7. The van der Waals surface area contributed by atoms with Gasteiger partial charge in [-0.15, -0.1) is 0 Å². The van der Waals surface area contributed by atoms with E-state index in [0.717, 1.165) is 50.6 Å². The highest BCUT2D eigenvalue weighted by Gasteiger charge is 2.17. The van der Waals surface area contributed by atoms with E-state index in [2.05, 4.69) is 228 Å². The Labute approximate surface area is 359 Å². The summed E-state index contributed by atoms with van der Waals surface area (Å²) in [4.78, 5) is 10.2. The number of benzene rings is 9. The third-order valence-corrected chi connectivity index (χ3v) is 12.1. The highest BCUT2D eigenvalue weighted by Crippen LogP contribution is 2.39. The van der Waals surface area contributed by atoms with Crippen LogP contribution in [0.1, 0.15) is 0 Å². The van der Waals surface area contributed by atoms with Crippen LogP contribution in [0, 0.1) is 0 Å². The SMILES string of the molecule is c1ccc(-c2cc(-c3ccccc3)nc(-c3cccc(-c4cccc(-n5c6ccccc6c6cc(-c7ccc8c(c7)c7ccccc7n8-c7ccccc7)ccc65)c4)c3)n2)cc1. The van der Waals surface area contributed by atoms with E-state index < -0.39 is 0 Å². The molecule has 0 N–H and O–H groups in total. The molecule has 0 atom stereocenters. The summed E-state index contributed by atoms with van der Waals surface area (Å²) >= 11 is 0. The highest BCUT2D eigenvalue weighted by atomic mass is 15.0. The maximum absolute atomic E-state index is 5.12. The summed E-state index contributed by atoms with van der Waals surface area (Å²) in [7, 11) is 0. The van der Waals surface area contributed by atoms with E-state index in [9.17, 15) is 0 Å². The van der Waals surface area contributed by atoms with Crippen molar-refractivity contribution < 1.29 is 0 Å². The minimum atomic E-state index is 0.697. The summed E-state index contributed by atoms with van der Waals surface area (Å²) in [6.45, 7) is 0. The second-order valence-electron chi connectivity index (χ2n) is 15.8. The third-order valence-electron chi connectivity index (χ3n) is 12.1. The number of hydrogen-bond donors (Lipinski definition) is 0. The highest BCUT2D eigenvalue weighted by molar-refractivity contribution is 6.12. The molecule has 0 bridgehead atoms. The fourth-order valence-electron chi connectivity index (χ4n) is 9.19. The van der Waals surface area contributed by atoms with Gasteiger partial charge in [0.2, 0.25) is 0 Å². The molecule has 3 aromatic heterocycles. The Kier molecular flexibility index (Phi) is 8.46. The van der Waals surface area contributed by atoms with Crippen LogP contribution in [-0.4, -0.2) is 19.1 Å².